The zero-order chi connectivity index (χ0) is 14.6. The molecule has 6 heteroatoms. The van der Waals surface area contributed by atoms with Crippen molar-refractivity contribution >= 4 is 17.4 Å². The third kappa shape index (κ3) is 5.24. The van der Waals surface area contributed by atoms with Gasteiger partial charge in [0.15, 0.2) is 0 Å². The van der Waals surface area contributed by atoms with Crippen LogP contribution in [0.2, 0.25) is 0 Å². The summed E-state index contributed by atoms with van der Waals surface area (Å²) in [5, 5.41) is 16.6. The van der Waals surface area contributed by atoms with E-state index in [9.17, 15) is 9.90 Å². The Hall–Kier alpha value is -1.01. The molecule has 1 unspecified atom stereocenters. The number of amides is 1. The Kier molecular flexibility index (Phi) is 5.43. The van der Waals surface area contributed by atoms with Gasteiger partial charge in [-0.05, 0) is 29.3 Å². The summed E-state index contributed by atoms with van der Waals surface area (Å²) in [6, 6.07) is 0. The highest BCUT2D eigenvalue weighted by Gasteiger charge is 2.21. The molecule has 0 aliphatic rings. The molecule has 0 aliphatic carbocycles. The molecule has 1 amide bonds. The van der Waals surface area contributed by atoms with E-state index in [-0.39, 0.29) is 23.8 Å². The summed E-state index contributed by atoms with van der Waals surface area (Å²) in [6.45, 7) is 10.4. The molecule has 0 bridgehead atoms. The molecule has 19 heavy (non-hydrogen) atoms. The van der Waals surface area contributed by atoms with E-state index in [1.54, 1.807) is 0 Å². The van der Waals surface area contributed by atoms with Gasteiger partial charge in [0, 0.05) is 6.54 Å². The van der Waals surface area contributed by atoms with Gasteiger partial charge in [-0.25, -0.2) is 0 Å². The van der Waals surface area contributed by atoms with Crippen LogP contribution in [-0.4, -0.2) is 33.2 Å². The van der Waals surface area contributed by atoms with E-state index in [4.69, 9.17) is 0 Å². The molecule has 0 spiro atoms. The van der Waals surface area contributed by atoms with Gasteiger partial charge in [0.05, 0.1) is 11.8 Å². The van der Waals surface area contributed by atoms with Crippen molar-refractivity contribution in [1.82, 2.24) is 14.9 Å². The minimum Gasteiger partial charge on any atom is -0.391 e. The molecule has 1 aromatic rings. The van der Waals surface area contributed by atoms with Crippen molar-refractivity contribution in [2.24, 2.45) is 5.41 Å². The molecule has 0 aromatic carbocycles. The van der Waals surface area contributed by atoms with Crippen LogP contribution >= 0.6 is 11.5 Å². The Bertz CT molecular complexity index is 424. The lowest BCUT2D eigenvalue weighted by Crippen LogP contribution is -2.34. The maximum atomic E-state index is 12.0. The third-order valence-corrected chi connectivity index (χ3v) is 3.35. The third-order valence-electron chi connectivity index (χ3n) is 2.61. The molecule has 0 fully saturated rings. The van der Waals surface area contributed by atoms with Crippen LogP contribution in [0.1, 0.15) is 62.3 Å². The number of hydrogen-bond donors (Lipinski definition) is 2. The SMILES string of the molecule is CC(C)c1nnsc1C(=O)NCC(O)CC(C)(C)C. The van der Waals surface area contributed by atoms with Crippen molar-refractivity contribution in [1.29, 1.82) is 0 Å². The van der Waals surface area contributed by atoms with Gasteiger partial charge in [0.2, 0.25) is 0 Å². The number of aliphatic hydroxyl groups excluding tert-OH is 1. The van der Waals surface area contributed by atoms with Gasteiger partial charge >= 0.3 is 0 Å². The summed E-state index contributed by atoms with van der Waals surface area (Å²) < 4.78 is 3.82. The van der Waals surface area contributed by atoms with Gasteiger partial charge < -0.3 is 10.4 Å². The molecule has 0 aliphatic heterocycles. The first-order valence-corrected chi connectivity index (χ1v) is 7.26. The first-order valence-electron chi connectivity index (χ1n) is 6.49. The Morgan fingerprint density at radius 2 is 2.05 bits per heavy atom. The number of carbonyl (C=O) groups excluding carboxylic acids is 1. The standard InChI is InChI=1S/C13H23N3O2S/c1-8(2)10-11(19-16-15-10)12(18)14-7-9(17)6-13(3,4)5/h8-9,17H,6-7H2,1-5H3,(H,14,18). The van der Waals surface area contributed by atoms with E-state index in [0.29, 0.717) is 17.0 Å². The van der Waals surface area contributed by atoms with Gasteiger partial charge in [-0.1, -0.05) is 39.1 Å². The Labute approximate surface area is 118 Å². The van der Waals surface area contributed by atoms with Crippen LogP contribution in [0.4, 0.5) is 0 Å². The average Bonchev–Trinajstić information content (AvgIpc) is 2.72. The van der Waals surface area contributed by atoms with Crippen molar-refractivity contribution in [3.8, 4) is 0 Å². The van der Waals surface area contributed by atoms with Crippen molar-refractivity contribution in [3.05, 3.63) is 10.6 Å². The fourth-order valence-corrected chi connectivity index (χ4v) is 2.54. The predicted molar refractivity (Wildman–Crippen MR) is 76.4 cm³/mol. The van der Waals surface area contributed by atoms with Crippen LogP contribution < -0.4 is 5.32 Å². The summed E-state index contributed by atoms with van der Waals surface area (Å²) in [6.07, 6.45) is 0.109. The van der Waals surface area contributed by atoms with Crippen LogP contribution in [0.15, 0.2) is 0 Å². The zero-order valence-electron chi connectivity index (χ0n) is 12.2. The molecule has 1 aromatic heterocycles. The van der Waals surface area contributed by atoms with Gasteiger partial charge in [-0.2, -0.15) is 0 Å². The van der Waals surface area contributed by atoms with Crippen LogP contribution in [0.5, 0.6) is 0 Å². The summed E-state index contributed by atoms with van der Waals surface area (Å²) in [7, 11) is 0. The molecule has 0 radical (unpaired) electrons. The van der Waals surface area contributed by atoms with Crippen LogP contribution in [0.3, 0.4) is 0 Å². The summed E-state index contributed by atoms with van der Waals surface area (Å²) in [5.41, 5.74) is 0.757. The van der Waals surface area contributed by atoms with Crippen molar-refractivity contribution < 1.29 is 9.90 Å². The highest BCUT2D eigenvalue weighted by Crippen LogP contribution is 2.21. The first kappa shape index (κ1) is 16.0. The molecule has 5 nitrogen and oxygen atoms in total. The van der Waals surface area contributed by atoms with E-state index < -0.39 is 6.10 Å². The van der Waals surface area contributed by atoms with Crippen LogP contribution in [-0.2, 0) is 0 Å². The normalized spacial score (nSPS) is 13.6. The van der Waals surface area contributed by atoms with Crippen molar-refractivity contribution in [2.45, 2.75) is 53.1 Å². The second-order valence-corrected chi connectivity index (χ2v) is 7.02. The number of nitrogens with one attached hydrogen (secondary N) is 1. The molecule has 2 N–H and O–H groups in total. The average molecular weight is 285 g/mol. The maximum Gasteiger partial charge on any atom is 0.265 e. The minimum atomic E-state index is -0.535. The van der Waals surface area contributed by atoms with E-state index >= 15 is 0 Å². The molecular weight excluding hydrogens is 262 g/mol. The molecule has 0 saturated carbocycles. The number of hydrogen-bond acceptors (Lipinski definition) is 5. The van der Waals surface area contributed by atoms with E-state index in [1.165, 1.54) is 0 Å². The van der Waals surface area contributed by atoms with E-state index in [0.717, 1.165) is 11.5 Å². The monoisotopic (exact) mass is 285 g/mol. The van der Waals surface area contributed by atoms with Gasteiger partial charge in [0.25, 0.3) is 5.91 Å². The Morgan fingerprint density at radius 3 is 2.58 bits per heavy atom. The predicted octanol–water partition coefficient (Wildman–Crippen LogP) is 2.19. The quantitative estimate of drug-likeness (QED) is 0.869. The lowest BCUT2D eigenvalue weighted by Gasteiger charge is -2.22. The smallest absolute Gasteiger partial charge is 0.265 e. The Morgan fingerprint density at radius 1 is 1.42 bits per heavy atom. The lowest BCUT2D eigenvalue weighted by atomic mass is 9.89. The number of aromatic nitrogens is 2. The van der Waals surface area contributed by atoms with Gasteiger partial charge in [-0.3, -0.25) is 4.79 Å². The second-order valence-electron chi connectivity index (χ2n) is 6.27. The molecule has 0 saturated heterocycles. The summed E-state index contributed by atoms with van der Waals surface area (Å²) >= 11 is 1.10. The second kappa shape index (κ2) is 6.43. The fourth-order valence-electron chi connectivity index (χ4n) is 1.80. The highest BCUT2D eigenvalue weighted by molar-refractivity contribution is 7.08. The number of carbonyl (C=O) groups is 1. The van der Waals surface area contributed by atoms with Crippen molar-refractivity contribution in [3.63, 3.8) is 0 Å². The fraction of sp³-hybridized carbons (Fsp3) is 0.769. The van der Waals surface area contributed by atoms with Gasteiger partial charge in [-0.15, -0.1) is 5.10 Å². The molecule has 1 atom stereocenters. The van der Waals surface area contributed by atoms with Crippen LogP contribution in [0, 0.1) is 5.41 Å². The zero-order valence-corrected chi connectivity index (χ0v) is 13.0. The summed E-state index contributed by atoms with van der Waals surface area (Å²) in [5.74, 6) is -0.0364. The summed E-state index contributed by atoms with van der Waals surface area (Å²) in [4.78, 5) is 12.5. The van der Waals surface area contributed by atoms with Crippen LogP contribution in [0.25, 0.3) is 0 Å². The Balaban J connectivity index is 2.54. The van der Waals surface area contributed by atoms with E-state index in [1.807, 2.05) is 13.8 Å². The molecular formula is C13H23N3O2S. The molecule has 1 rings (SSSR count). The lowest BCUT2D eigenvalue weighted by molar-refractivity contribution is 0.0871. The topological polar surface area (TPSA) is 75.1 Å². The number of aliphatic hydroxyl groups is 1. The molecule has 108 valence electrons. The van der Waals surface area contributed by atoms with Gasteiger partial charge in [0.1, 0.15) is 4.88 Å². The largest absolute Gasteiger partial charge is 0.391 e. The number of rotatable bonds is 5. The minimum absolute atomic E-state index is 0.0410. The van der Waals surface area contributed by atoms with Crippen molar-refractivity contribution in [2.75, 3.05) is 6.54 Å². The molecule has 1 heterocycles. The first-order chi connectivity index (χ1) is 8.70. The maximum absolute atomic E-state index is 12.0. The highest BCUT2D eigenvalue weighted by atomic mass is 32.1. The van der Waals surface area contributed by atoms with E-state index in [2.05, 4.69) is 35.7 Å². The number of nitrogens with zero attached hydrogens (tertiary/aromatic N) is 2.